The van der Waals surface area contributed by atoms with Crippen LogP contribution < -0.4 is 5.32 Å². The third kappa shape index (κ3) is 53.8. The summed E-state index contributed by atoms with van der Waals surface area (Å²) >= 11 is 0. The second-order valence-electron chi connectivity index (χ2n) is 21.0. The Hall–Kier alpha value is -1.40. The molecule has 0 aromatic rings. The average molecular weight is 947 g/mol. The number of ether oxygens (including phenoxy) is 1. The highest BCUT2D eigenvalue weighted by molar-refractivity contribution is 5.76. The predicted octanol–water partition coefficient (Wildman–Crippen LogP) is 18.9. The zero-order valence-corrected chi connectivity index (χ0v) is 45.4. The molecule has 0 aliphatic carbocycles. The zero-order valence-electron chi connectivity index (χ0n) is 45.4. The highest BCUT2D eigenvalue weighted by Gasteiger charge is 2.18. The minimum absolute atomic E-state index is 0.00725. The van der Waals surface area contributed by atoms with Gasteiger partial charge >= 0.3 is 5.97 Å². The number of allylic oxidation sites excluding steroid dienone is 1. The molecule has 398 valence electrons. The molecule has 0 heterocycles. The Balaban J connectivity index is 3.42. The summed E-state index contributed by atoms with van der Waals surface area (Å²) in [5.41, 5.74) is 0. The van der Waals surface area contributed by atoms with E-state index in [0.717, 1.165) is 44.9 Å². The van der Waals surface area contributed by atoms with Gasteiger partial charge in [-0.2, -0.15) is 0 Å². The smallest absolute Gasteiger partial charge is 0.305 e. The van der Waals surface area contributed by atoms with Gasteiger partial charge in [0, 0.05) is 12.8 Å². The highest BCUT2D eigenvalue weighted by atomic mass is 16.5. The maximum absolute atomic E-state index is 12.5. The molecule has 0 aromatic heterocycles. The van der Waals surface area contributed by atoms with E-state index in [2.05, 4.69) is 19.2 Å². The number of hydrogen-bond acceptors (Lipinski definition) is 5. The predicted molar refractivity (Wildman–Crippen MR) is 292 cm³/mol. The summed E-state index contributed by atoms with van der Waals surface area (Å²) in [4.78, 5) is 24.6. The number of carbonyl (C=O) groups is 2. The van der Waals surface area contributed by atoms with Crippen molar-refractivity contribution in [3.63, 3.8) is 0 Å². The molecule has 0 aliphatic rings. The van der Waals surface area contributed by atoms with E-state index >= 15 is 0 Å². The molecule has 0 bridgehead atoms. The highest BCUT2D eigenvalue weighted by Crippen LogP contribution is 2.18. The molecular formula is C61H119NO5. The molecular weight excluding hydrogens is 827 g/mol. The lowest BCUT2D eigenvalue weighted by Gasteiger charge is -2.20. The summed E-state index contributed by atoms with van der Waals surface area (Å²) in [6.45, 7) is 4.92. The molecule has 2 atom stereocenters. The minimum Gasteiger partial charge on any atom is -0.466 e. The SMILES string of the molecule is CCCCCCCCCCCCCCCC/C=C/C(O)C(CO)NC(=O)CCCCCCCCCCCCCCCCCCOC(=O)CCCCCCCCCCCCCCCCCCCC. The summed E-state index contributed by atoms with van der Waals surface area (Å²) in [7, 11) is 0. The van der Waals surface area contributed by atoms with Crippen LogP contribution in [0.25, 0.3) is 0 Å². The van der Waals surface area contributed by atoms with E-state index in [1.54, 1.807) is 6.08 Å². The monoisotopic (exact) mass is 946 g/mol. The van der Waals surface area contributed by atoms with Gasteiger partial charge in [0.25, 0.3) is 0 Å². The Bertz CT molecular complexity index is 1000. The molecule has 0 saturated carbocycles. The van der Waals surface area contributed by atoms with Gasteiger partial charge in [-0.1, -0.05) is 309 Å². The van der Waals surface area contributed by atoms with E-state index in [9.17, 15) is 19.8 Å². The lowest BCUT2D eigenvalue weighted by atomic mass is 10.0. The fourth-order valence-electron chi connectivity index (χ4n) is 9.64. The number of hydrogen-bond donors (Lipinski definition) is 3. The van der Waals surface area contributed by atoms with Crippen molar-refractivity contribution in [3.05, 3.63) is 12.2 Å². The first-order valence-electron chi connectivity index (χ1n) is 30.5. The fraction of sp³-hybridized carbons (Fsp3) is 0.934. The molecule has 67 heavy (non-hydrogen) atoms. The number of esters is 1. The number of rotatable bonds is 57. The van der Waals surface area contributed by atoms with Gasteiger partial charge < -0.3 is 20.3 Å². The molecule has 0 aliphatic heterocycles. The number of aliphatic hydroxyl groups excluding tert-OH is 2. The Kier molecular flexibility index (Phi) is 56.0. The number of unbranched alkanes of at least 4 members (excludes halogenated alkanes) is 46. The van der Waals surface area contributed by atoms with Crippen LogP contribution >= 0.6 is 0 Å². The van der Waals surface area contributed by atoms with Crippen molar-refractivity contribution in [2.24, 2.45) is 0 Å². The van der Waals surface area contributed by atoms with Crippen LogP contribution in [-0.2, 0) is 14.3 Å². The van der Waals surface area contributed by atoms with Gasteiger partial charge in [-0.3, -0.25) is 9.59 Å². The van der Waals surface area contributed by atoms with Gasteiger partial charge in [-0.05, 0) is 32.1 Å². The summed E-state index contributed by atoms with van der Waals surface area (Å²) in [6.07, 6.45) is 68.1. The molecule has 6 nitrogen and oxygen atoms in total. The topological polar surface area (TPSA) is 95.9 Å². The lowest BCUT2D eigenvalue weighted by molar-refractivity contribution is -0.143. The van der Waals surface area contributed by atoms with Crippen molar-refractivity contribution in [3.8, 4) is 0 Å². The maximum Gasteiger partial charge on any atom is 0.305 e. The van der Waals surface area contributed by atoms with Crippen molar-refractivity contribution in [2.75, 3.05) is 13.2 Å². The quantitative estimate of drug-likeness (QED) is 0.0321. The fourth-order valence-corrected chi connectivity index (χ4v) is 9.64. The lowest BCUT2D eigenvalue weighted by Crippen LogP contribution is -2.45. The van der Waals surface area contributed by atoms with Crippen LogP contribution in [0.4, 0.5) is 0 Å². The average Bonchev–Trinajstić information content (AvgIpc) is 3.33. The first kappa shape index (κ1) is 65.6. The van der Waals surface area contributed by atoms with E-state index in [0.29, 0.717) is 19.4 Å². The van der Waals surface area contributed by atoms with Crippen LogP contribution in [-0.4, -0.2) is 47.4 Å². The van der Waals surface area contributed by atoms with Crippen LogP contribution in [0.15, 0.2) is 12.2 Å². The molecule has 2 unspecified atom stereocenters. The zero-order chi connectivity index (χ0) is 48.6. The molecule has 3 N–H and O–H groups in total. The first-order valence-corrected chi connectivity index (χ1v) is 30.5. The third-order valence-electron chi connectivity index (χ3n) is 14.3. The molecule has 6 heteroatoms. The summed E-state index contributed by atoms with van der Waals surface area (Å²) in [6, 6.07) is -0.632. The largest absolute Gasteiger partial charge is 0.466 e. The number of carbonyl (C=O) groups excluding carboxylic acids is 2. The molecule has 0 fully saturated rings. The van der Waals surface area contributed by atoms with Gasteiger partial charge in [0.2, 0.25) is 5.91 Å². The number of amides is 1. The van der Waals surface area contributed by atoms with Gasteiger partial charge in [0.15, 0.2) is 0 Å². The molecule has 0 rings (SSSR count). The van der Waals surface area contributed by atoms with Crippen LogP contribution in [0.2, 0.25) is 0 Å². The van der Waals surface area contributed by atoms with Crippen molar-refractivity contribution < 1.29 is 24.5 Å². The first-order chi connectivity index (χ1) is 33.0. The van der Waals surface area contributed by atoms with Crippen molar-refractivity contribution >= 4 is 11.9 Å². The van der Waals surface area contributed by atoms with Crippen LogP contribution in [0.3, 0.4) is 0 Å². The third-order valence-corrected chi connectivity index (χ3v) is 14.3. The van der Waals surface area contributed by atoms with Gasteiger partial charge in [-0.25, -0.2) is 0 Å². The molecule has 1 amide bonds. The Morgan fingerprint density at radius 3 is 1.01 bits per heavy atom. The Morgan fingerprint density at radius 2 is 0.687 bits per heavy atom. The van der Waals surface area contributed by atoms with Crippen molar-refractivity contribution in [2.45, 2.75) is 353 Å². The molecule has 0 radical (unpaired) electrons. The van der Waals surface area contributed by atoms with E-state index in [1.807, 2.05) is 6.08 Å². The van der Waals surface area contributed by atoms with E-state index in [1.165, 1.54) is 270 Å². The Morgan fingerprint density at radius 1 is 0.403 bits per heavy atom. The van der Waals surface area contributed by atoms with Gasteiger partial charge in [-0.15, -0.1) is 0 Å². The van der Waals surface area contributed by atoms with Gasteiger partial charge in [0.1, 0.15) is 0 Å². The maximum atomic E-state index is 12.5. The number of nitrogens with one attached hydrogen (secondary N) is 1. The van der Waals surface area contributed by atoms with Crippen molar-refractivity contribution in [1.82, 2.24) is 5.32 Å². The van der Waals surface area contributed by atoms with E-state index in [4.69, 9.17) is 4.74 Å². The van der Waals surface area contributed by atoms with Crippen molar-refractivity contribution in [1.29, 1.82) is 0 Å². The summed E-state index contributed by atoms with van der Waals surface area (Å²) in [5.74, 6) is -0.0648. The molecule has 0 spiro atoms. The van der Waals surface area contributed by atoms with Crippen LogP contribution in [0, 0.1) is 0 Å². The van der Waals surface area contributed by atoms with E-state index < -0.39 is 12.1 Å². The van der Waals surface area contributed by atoms with Gasteiger partial charge in [0.05, 0.1) is 25.4 Å². The standard InChI is InChI=1S/C61H119NO5/c1-3-5-7-9-11-13-15-17-19-21-22-27-31-35-39-43-47-51-55-61(66)67-56-52-48-44-40-36-32-28-24-23-26-30-34-38-42-46-50-54-60(65)62-58(57-63)59(64)53-49-45-41-37-33-29-25-20-18-16-14-12-10-8-6-4-2/h49,53,58-59,63-64H,3-48,50-52,54-57H2,1-2H3,(H,62,65)/b53-49+. The van der Waals surface area contributed by atoms with Crippen LogP contribution in [0.5, 0.6) is 0 Å². The second kappa shape index (κ2) is 57.2. The molecule has 0 saturated heterocycles. The van der Waals surface area contributed by atoms with Crippen LogP contribution in [0.1, 0.15) is 341 Å². The number of aliphatic hydroxyl groups is 2. The molecule has 0 aromatic carbocycles. The summed E-state index contributed by atoms with van der Waals surface area (Å²) < 4.78 is 5.49. The minimum atomic E-state index is -0.848. The summed E-state index contributed by atoms with van der Waals surface area (Å²) in [5, 5.41) is 23.1. The second-order valence-corrected chi connectivity index (χ2v) is 21.0. The Labute approximate surface area is 419 Å². The van der Waals surface area contributed by atoms with E-state index in [-0.39, 0.29) is 18.5 Å². The normalized spacial score (nSPS) is 12.6.